The molecule has 1 N–H and O–H groups in total. The van der Waals surface area contributed by atoms with Gasteiger partial charge in [0.05, 0.1) is 28.2 Å². The summed E-state index contributed by atoms with van der Waals surface area (Å²) in [6.07, 6.45) is 5.73. The first-order valence-corrected chi connectivity index (χ1v) is 10.2. The lowest BCUT2D eigenvalue weighted by Crippen LogP contribution is -2.27. The van der Waals surface area contributed by atoms with E-state index in [1.807, 2.05) is 11.0 Å². The lowest BCUT2D eigenvalue weighted by atomic mass is 10.0. The van der Waals surface area contributed by atoms with Gasteiger partial charge in [-0.2, -0.15) is 5.26 Å². The molecular formula is C21H19ClN6O2. The van der Waals surface area contributed by atoms with Gasteiger partial charge >= 0.3 is 0 Å². The minimum Gasteiger partial charge on any atom is -0.341 e. The average molecular weight is 423 g/mol. The molecule has 0 unspecified atom stereocenters. The first kappa shape index (κ1) is 20.0. The third kappa shape index (κ3) is 3.89. The lowest BCUT2D eigenvalue weighted by molar-refractivity contribution is 0.0971. The molecule has 0 bridgehead atoms. The molecule has 1 aromatic carbocycles. The van der Waals surface area contributed by atoms with Crippen molar-refractivity contribution in [3.05, 3.63) is 57.4 Å². The molecule has 3 heterocycles. The number of hydrogen-bond donors (Lipinski definition) is 1. The summed E-state index contributed by atoms with van der Waals surface area (Å²) < 4.78 is 0. The van der Waals surface area contributed by atoms with Gasteiger partial charge in [-0.15, -0.1) is 0 Å². The fourth-order valence-corrected chi connectivity index (χ4v) is 3.76. The highest BCUT2D eigenvalue weighted by Gasteiger charge is 2.29. The summed E-state index contributed by atoms with van der Waals surface area (Å²) >= 11 is 6.21. The van der Waals surface area contributed by atoms with Crippen molar-refractivity contribution in [1.29, 1.82) is 5.26 Å². The molecule has 9 heteroatoms. The Morgan fingerprint density at radius 1 is 1.17 bits per heavy atom. The Labute approximate surface area is 177 Å². The van der Waals surface area contributed by atoms with Crippen molar-refractivity contribution in [2.75, 3.05) is 18.0 Å². The molecule has 1 aliphatic rings. The van der Waals surface area contributed by atoms with Gasteiger partial charge in [-0.05, 0) is 25.0 Å². The first-order chi connectivity index (χ1) is 14.6. The number of ketones is 1. The SMILES string of the molecule is N#C[C@H](C(=O)c1nc(N2CCCCCC2)ncc1Cl)c1nc2ccccc2c(=O)[nH]1. The number of nitriles is 1. The summed E-state index contributed by atoms with van der Waals surface area (Å²) in [5.41, 5.74) is -0.0562. The Kier molecular flexibility index (Phi) is 5.72. The van der Waals surface area contributed by atoms with Gasteiger partial charge in [0.2, 0.25) is 11.7 Å². The molecule has 8 nitrogen and oxygen atoms in total. The number of carbonyl (C=O) groups excluding carboxylic acids is 1. The maximum atomic E-state index is 13.2. The maximum absolute atomic E-state index is 13.2. The highest BCUT2D eigenvalue weighted by Crippen LogP contribution is 2.24. The van der Waals surface area contributed by atoms with E-state index in [0.29, 0.717) is 16.9 Å². The molecular weight excluding hydrogens is 404 g/mol. The van der Waals surface area contributed by atoms with Crippen LogP contribution in [0.4, 0.5) is 5.95 Å². The molecule has 1 atom stereocenters. The van der Waals surface area contributed by atoms with Gasteiger partial charge in [0.25, 0.3) is 5.56 Å². The summed E-state index contributed by atoms with van der Waals surface area (Å²) in [5.74, 6) is -1.58. The van der Waals surface area contributed by atoms with Crippen LogP contribution >= 0.6 is 11.6 Å². The van der Waals surface area contributed by atoms with E-state index in [-0.39, 0.29) is 16.5 Å². The molecule has 152 valence electrons. The Morgan fingerprint density at radius 3 is 2.63 bits per heavy atom. The quantitative estimate of drug-likeness (QED) is 0.641. The second-order valence-electron chi connectivity index (χ2n) is 7.16. The molecule has 0 saturated carbocycles. The molecule has 0 spiro atoms. The van der Waals surface area contributed by atoms with Crippen LogP contribution in [-0.2, 0) is 0 Å². The van der Waals surface area contributed by atoms with E-state index in [1.54, 1.807) is 24.3 Å². The molecule has 1 aliphatic heterocycles. The highest BCUT2D eigenvalue weighted by molar-refractivity contribution is 6.33. The third-order valence-corrected chi connectivity index (χ3v) is 5.43. The minimum absolute atomic E-state index is 0.0304. The summed E-state index contributed by atoms with van der Waals surface area (Å²) in [7, 11) is 0. The van der Waals surface area contributed by atoms with Crippen LogP contribution in [0.15, 0.2) is 35.3 Å². The number of carbonyl (C=O) groups is 1. The molecule has 3 aromatic rings. The van der Waals surface area contributed by atoms with E-state index >= 15 is 0 Å². The molecule has 0 amide bonds. The average Bonchev–Trinajstić information content (AvgIpc) is 3.04. The summed E-state index contributed by atoms with van der Waals surface area (Å²) in [4.78, 5) is 43.1. The zero-order valence-electron chi connectivity index (χ0n) is 16.1. The van der Waals surface area contributed by atoms with E-state index in [4.69, 9.17) is 11.6 Å². The van der Waals surface area contributed by atoms with Crippen molar-refractivity contribution >= 4 is 34.2 Å². The van der Waals surface area contributed by atoms with Crippen LogP contribution in [0.25, 0.3) is 10.9 Å². The van der Waals surface area contributed by atoms with E-state index in [9.17, 15) is 14.9 Å². The predicted molar refractivity (Wildman–Crippen MR) is 113 cm³/mol. The van der Waals surface area contributed by atoms with Gasteiger partial charge in [-0.25, -0.2) is 15.0 Å². The smallest absolute Gasteiger partial charge is 0.258 e. The second-order valence-corrected chi connectivity index (χ2v) is 7.57. The van der Waals surface area contributed by atoms with Crippen molar-refractivity contribution in [2.45, 2.75) is 31.6 Å². The number of nitrogens with zero attached hydrogens (tertiary/aromatic N) is 5. The Balaban J connectivity index is 1.71. The molecule has 0 radical (unpaired) electrons. The zero-order chi connectivity index (χ0) is 21.1. The molecule has 1 fully saturated rings. The van der Waals surface area contributed by atoms with Crippen LogP contribution in [0.5, 0.6) is 0 Å². The van der Waals surface area contributed by atoms with E-state index in [0.717, 1.165) is 38.8 Å². The number of halogens is 1. The largest absolute Gasteiger partial charge is 0.341 e. The fraction of sp³-hybridized carbons (Fsp3) is 0.333. The first-order valence-electron chi connectivity index (χ1n) is 9.79. The monoisotopic (exact) mass is 422 g/mol. The fourth-order valence-electron chi connectivity index (χ4n) is 3.58. The zero-order valence-corrected chi connectivity index (χ0v) is 16.9. The van der Waals surface area contributed by atoms with Gasteiger partial charge in [0.1, 0.15) is 11.5 Å². The highest BCUT2D eigenvalue weighted by atomic mass is 35.5. The molecule has 2 aromatic heterocycles. The van der Waals surface area contributed by atoms with Crippen LogP contribution in [0.3, 0.4) is 0 Å². The normalized spacial score (nSPS) is 15.4. The van der Waals surface area contributed by atoms with Gasteiger partial charge < -0.3 is 9.88 Å². The minimum atomic E-state index is -1.34. The Hall–Kier alpha value is -3.31. The molecule has 30 heavy (non-hydrogen) atoms. The number of nitrogens with one attached hydrogen (secondary N) is 1. The van der Waals surface area contributed by atoms with Gasteiger partial charge in [-0.1, -0.05) is 36.6 Å². The van der Waals surface area contributed by atoms with Crippen LogP contribution in [0, 0.1) is 11.3 Å². The van der Waals surface area contributed by atoms with Crippen molar-refractivity contribution < 1.29 is 4.79 Å². The van der Waals surface area contributed by atoms with E-state index in [2.05, 4.69) is 19.9 Å². The van der Waals surface area contributed by atoms with Crippen LogP contribution in [0.2, 0.25) is 5.02 Å². The summed E-state index contributed by atoms with van der Waals surface area (Å²) in [5, 5.41) is 10.1. The van der Waals surface area contributed by atoms with Crippen LogP contribution < -0.4 is 10.5 Å². The number of H-pyrrole nitrogens is 1. The number of rotatable bonds is 4. The van der Waals surface area contributed by atoms with Crippen LogP contribution in [0.1, 0.15) is 47.9 Å². The second kappa shape index (κ2) is 8.59. The number of aromatic amines is 1. The van der Waals surface area contributed by atoms with Gasteiger partial charge in [-0.3, -0.25) is 9.59 Å². The number of aromatic nitrogens is 4. The van der Waals surface area contributed by atoms with Crippen LogP contribution in [-0.4, -0.2) is 38.8 Å². The summed E-state index contributed by atoms with van der Waals surface area (Å²) in [6, 6.07) is 8.66. The van der Waals surface area contributed by atoms with Gasteiger partial charge in [0.15, 0.2) is 5.92 Å². The number of fused-ring (bicyclic) bond motifs is 1. The van der Waals surface area contributed by atoms with Crippen molar-refractivity contribution in [3.8, 4) is 6.07 Å². The Bertz CT molecular complexity index is 1190. The van der Waals surface area contributed by atoms with Crippen molar-refractivity contribution in [2.24, 2.45) is 0 Å². The lowest BCUT2D eigenvalue weighted by Gasteiger charge is -2.20. The molecule has 1 saturated heterocycles. The van der Waals surface area contributed by atoms with Crippen molar-refractivity contribution in [3.63, 3.8) is 0 Å². The number of benzene rings is 1. The van der Waals surface area contributed by atoms with Gasteiger partial charge in [0, 0.05) is 13.1 Å². The predicted octanol–water partition coefficient (Wildman–Crippen LogP) is 3.24. The Morgan fingerprint density at radius 2 is 1.90 bits per heavy atom. The molecule has 0 aliphatic carbocycles. The number of anilines is 1. The topological polar surface area (TPSA) is 116 Å². The number of para-hydroxylation sites is 1. The summed E-state index contributed by atoms with van der Waals surface area (Å²) in [6.45, 7) is 1.60. The van der Waals surface area contributed by atoms with E-state index < -0.39 is 17.3 Å². The third-order valence-electron chi connectivity index (χ3n) is 5.15. The number of hydrogen-bond acceptors (Lipinski definition) is 7. The van der Waals surface area contributed by atoms with Crippen molar-refractivity contribution in [1.82, 2.24) is 19.9 Å². The number of Topliss-reactive ketones (excluding diaryl/α,β-unsaturated/α-hetero) is 1. The van der Waals surface area contributed by atoms with E-state index in [1.165, 1.54) is 6.20 Å². The maximum Gasteiger partial charge on any atom is 0.258 e. The molecule has 4 rings (SSSR count). The standard InChI is InChI=1S/C21H19ClN6O2/c22-15-12-24-21(28-9-5-1-2-6-10-28)26-17(15)18(29)14(11-23)19-25-16-8-4-3-7-13(16)20(30)27-19/h3-4,7-8,12,14H,1-2,5-6,9-10H2,(H,25,27,30)/t14-/m1/s1.